The lowest BCUT2D eigenvalue weighted by Gasteiger charge is -2.16. The van der Waals surface area contributed by atoms with Crippen molar-refractivity contribution in [1.29, 1.82) is 0 Å². The number of nitrogens with one attached hydrogen (secondary N) is 2. The molecule has 2 aliphatic rings. The summed E-state index contributed by atoms with van der Waals surface area (Å²) in [4.78, 5) is 16.8. The lowest BCUT2D eigenvalue weighted by molar-refractivity contribution is -0.136. The number of rotatable bonds is 6. The van der Waals surface area contributed by atoms with E-state index in [2.05, 4.69) is 15.6 Å². The van der Waals surface area contributed by atoms with Crippen molar-refractivity contribution in [2.45, 2.75) is 44.3 Å². The monoisotopic (exact) mass is 421 g/mol. The van der Waals surface area contributed by atoms with E-state index < -0.39 is 17.6 Å². The first-order chi connectivity index (χ1) is 14.3. The van der Waals surface area contributed by atoms with E-state index in [1.165, 1.54) is 6.07 Å². The number of methoxy groups -OCH3 is 1. The second-order valence-corrected chi connectivity index (χ2v) is 8.43. The molecule has 5 nitrogen and oxygen atoms in total. The number of nitrogens with zero attached hydrogens (tertiary/aromatic N) is 1. The Balaban J connectivity index is 1.57. The number of aromatic nitrogens is 1. The quantitative estimate of drug-likeness (QED) is 0.745. The highest BCUT2D eigenvalue weighted by Gasteiger charge is 2.36. The number of halogens is 3. The van der Waals surface area contributed by atoms with Gasteiger partial charge in [0.15, 0.2) is 0 Å². The summed E-state index contributed by atoms with van der Waals surface area (Å²) in [5.74, 6) is 0.128. The predicted molar refractivity (Wildman–Crippen MR) is 108 cm³/mol. The van der Waals surface area contributed by atoms with E-state index in [4.69, 9.17) is 4.74 Å². The molecule has 1 aromatic heterocycles. The molecule has 0 radical (unpaired) electrons. The van der Waals surface area contributed by atoms with Crippen LogP contribution in [-0.2, 0) is 10.9 Å². The van der Waals surface area contributed by atoms with Gasteiger partial charge in [0.05, 0.1) is 17.7 Å². The predicted octanol–water partition coefficient (Wildman–Crippen LogP) is 3.79. The molecule has 1 aromatic carbocycles. The van der Waals surface area contributed by atoms with E-state index in [-0.39, 0.29) is 23.2 Å². The van der Waals surface area contributed by atoms with Crippen molar-refractivity contribution < 1.29 is 22.7 Å². The standard InChI is InChI=1S/C22H26F3N3O2/c1-12-5-19(21(29)27-10-16-6-13(9-26-16)11-30-2)28-20-17(12)7-15(14-3-4-14)8-18(20)22(23,24)25/h5,7-8,13-14,16,26H,3-4,6,9-11H2,1-2H3,(H,27,29). The van der Waals surface area contributed by atoms with Gasteiger partial charge in [-0.25, -0.2) is 4.98 Å². The average Bonchev–Trinajstić information content (AvgIpc) is 3.45. The number of ether oxygens (including phenoxy) is 1. The molecule has 4 rings (SSSR count). The second kappa shape index (κ2) is 8.15. The Bertz CT molecular complexity index is 957. The van der Waals surface area contributed by atoms with Crippen LogP contribution in [0.5, 0.6) is 0 Å². The smallest absolute Gasteiger partial charge is 0.384 e. The summed E-state index contributed by atoms with van der Waals surface area (Å²) >= 11 is 0. The number of alkyl halides is 3. The first-order valence-corrected chi connectivity index (χ1v) is 10.3. The van der Waals surface area contributed by atoms with Crippen LogP contribution in [0.1, 0.15) is 52.4 Å². The first kappa shape index (κ1) is 21.1. The fourth-order valence-electron chi connectivity index (χ4n) is 4.23. The number of amides is 1. The van der Waals surface area contributed by atoms with Gasteiger partial charge in [-0.2, -0.15) is 13.2 Å². The van der Waals surface area contributed by atoms with E-state index in [0.29, 0.717) is 35.6 Å². The molecule has 2 aromatic rings. The Hall–Kier alpha value is -2.19. The van der Waals surface area contributed by atoms with E-state index >= 15 is 0 Å². The molecule has 0 spiro atoms. The Morgan fingerprint density at radius 1 is 1.30 bits per heavy atom. The normalized spacial score (nSPS) is 21.9. The molecule has 1 saturated carbocycles. The van der Waals surface area contributed by atoms with E-state index in [9.17, 15) is 18.0 Å². The zero-order valence-electron chi connectivity index (χ0n) is 17.1. The third kappa shape index (κ3) is 4.44. The van der Waals surface area contributed by atoms with Crippen LogP contribution in [0.3, 0.4) is 0 Å². The van der Waals surface area contributed by atoms with Gasteiger partial charge in [-0.3, -0.25) is 4.79 Å². The summed E-state index contributed by atoms with van der Waals surface area (Å²) in [5, 5.41) is 6.60. The van der Waals surface area contributed by atoms with Crippen molar-refractivity contribution in [3.05, 3.63) is 40.6 Å². The second-order valence-electron chi connectivity index (χ2n) is 8.43. The molecule has 162 valence electrons. The minimum Gasteiger partial charge on any atom is -0.384 e. The number of hydrogen-bond donors (Lipinski definition) is 2. The van der Waals surface area contributed by atoms with Crippen LogP contribution in [-0.4, -0.2) is 43.7 Å². The lowest BCUT2D eigenvalue weighted by atomic mass is 9.98. The van der Waals surface area contributed by atoms with Crippen LogP contribution in [0.4, 0.5) is 13.2 Å². The molecule has 2 N–H and O–H groups in total. The molecule has 2 fully saturated rings. The summed E-state index contributed by atoms with van der Waals surface area (Å²) in [6, 6.07) is 4.68. The van der Waals surface area contributed by atoms with Gasteiger partial charge >= 0.3 is 6.18 Å². The van der Waals surface area contributed by atoms with Gasteiger partial charge in [0, 0.05) is 31.6 Å². The maximum atomic E-state index is 13.7. The van der Waals surface area contributed by atoms with Crippen molar-refractivity contribution in [3.63, 3.8) is 0 Å². The number of pyridine rings is 1. The van der Waals surface area contributed by atoms with Gasteiger partial charge in [0.1, 0.15) is 5.69 Å². The van der Waals surface area contributed by atoms with Crippen molar-refractivity contribution in [1.82, 2.24) is 15.6 Å². The molecule has 1 saturated heterocycles. The van der Waals surface area contributed by atoms with Gasteiger partial charge in [0.2, 0.25) is 0 Å². The Labute approximate surface area is 173 Å². The summed E-state index contributed by atoms with van der Waals surface area (Å²) in [5.41, 5.74) is 0.416. The van der Waals surface area contributed by atoms with Gasteiger partial charge in [-0.1, -0.05) is 0 Å². The van der Waals surface area contributed by atoms with Crippen LogP contribution in [0.2, 0.25) is 0 Å². The van der Waals surface area contributed by atoms with E-state index in [1.807, 2.05) is 0 Å². The number of carbonyl (C=O) groups excluding carboxylic acids is 1. The molecule has 1 amide bonds. The molecule has 2 atom stereocenters. The highest BCUT2D eigenvalue weighted by atomic mass is 19.4. The molecule has 0 bridgehead atoms. The summed E-state index contributed by atoms with van der Waals surface area (Å²) < 4.78 is 46.4. The fourth-order valence-corrected chi connectivity index (χ4v) is 4.23. The lowest BCUT2D eigenvalue weighted by Crippen LogP contribution is -2.37. The van der Waals surface area contributed by atoms with Crippen LogP contribution in [0.15, 0.2) is 18.2 Å². The zero-order valence-corrected chi connectivity index (χ0v) is 17.1. The number of aryl methyl sites for hydroxylation is 1. The van der Waals surface area contributed by atoms with Gasteiger partial charge in [-0.15, -0.1) is 0 Å². The minimum atomic E-state index is -4.53. The Morgan fingerprint density at radius 2 is 2.07 bits per heavy atom. The molecular weight excluding hydrogens is 395 g/mol. The van der Waals surface area contributed by atoms with Crippen LogP contribution < -0.4 is 10.6 Å². The van der Waals surface area contributed by atoms with Crippen molar-refractivity contribution in [2.75, 3.05) is 26.8 Å². The van der Waals surface area contributed by atoms with Crippen molar-refractivity contribution >= 4 is 16.8 Å². The molecule has 1 aliphatic heterocycles. The Kier molecular flexibility index (Phi) is 5.72. The van der Waals surface area contributed by atoms with Crippen molar-refractivity contribution in [3.8, 4) is 0 Å². The average molecular weight is 421 g/mol. The maximum Gasteiger partial charge on any atom is 0.418 e. The SMILES string of the molecule is COCC1CNC(CNC(=O)c2cc(C)c3cc(C4CC4)cc(C(F)(F)F)c3n2)C1. The number of fused-ring (bicyclic) bond motifs is 1. The van der Waals surface area contributed by atoms with Crippen LogP contribution in [0, 0.1) is 12.8 Å². The van der Waals surface area contributed by atoms with Gasteiger partial charge < -0.3 is 15.4 Å². The number of benzene rings is 1. The molecular formula is C22H26F3N3O2. The van der Waals surface area contributed by atoms with E-state index in [0.717, 1.165) is 25.8 Å². The molecule has 2 heterocycles. The summed E-state index contributed by atoms with van der Waals surface area (Å²) in [6.07, 6.45) is -1.82. The van der Waals surface area contributed by atoms with Crippen LogP contribution >= 0.6 is 0 Å². The summed E-state index contributed by atoms with van der Waals surface area (Å²) in [7, 11) is 1.66. The molecule has 8 heteroatoms. The number of hydrogen-bond acceptors (Lipinski definition) is 4. The molecule has 2 unspecified atom stereocenters. The van der Waals surface area contributed by atoms with Crippen LogP contribution in [0.25, 0.3) is 10.9 Å². The third-order valence-corrected chi connectivity index (χ3v) is 5.95. The third-order valence-electron chi connectivity index (χ3n) is 5.95. The minimum absolute atomic E-state index is 0.0103. The largest absolute Gasteiger partial charge is 0.418 e. The zero-order chi connectivity index (χ0) is 21.5. The highest BCUT2D eigenvalue weighted by molar-refractivity contribution is 5.97. The van der Waals surface area contributed by atoms with Crippen molar-refractivity contribution in [2.24, 2.45) is 5.92 Å². The molecule has 30 heavy (non-hydrogen) atoms. The summed E-state index contributed by atoms with van der Waals surface area (Å²) in [6.45, 7) is 3.60. The fraction of sp³-hybridized carbons (Fsp3) is 0.545. The van der Waals surface area contributed by atoms with E-state index in [1.54, 1.807) is 26.2 Å². The highest BCUT2D eigenvalue weighted by Crippen LogP contribution is 2.44. The number of carbonyl (C=O) groups is 1. The maximum absolute atomic E-state index is 13.7. The topological polar surface area (TPSA) is 63.2 Å². The van der Waals surface area contributed by atoms with Gasteiger partial charge in [-0.05, 0) is 67.3 Å². The Morgan fingerprint density at radius 3 is 2.73 bits per heavy atom. The molecule has 1 aliphatic carbocycles. The first-order valence-electron chi connectivity index (χ1n) is 10.3. The van der Waals surface area contributed by atoms with Gasteiger partial charge in [0.25, 0.3) is 5.91 Å².